The van der Waals surface area contributed by atoms with Gasteiger partial charge in [-0.25, -0.2) is 0 Å². The van der Waals surface area contributed by atoms with E-state index in [1.54, 1.807) is 14.2 Å². The number of benzene rings is 2. The van der Waals surface area contributed by atoms with Gasteiger partial charge < -0.3 is 19.1 Å². The molecule has 2 aromatic rings. The normalized spacial score (nSPS) is 13.2. The van der Waals surface area contributed by atoms with Gasteiger partial charge in [-0.15, -0.1) is 0 Å². The van der Waals surface area contributed by atoms with E-state index in [4.69, 9.17) is 14.2 Å². The van der Waals surface area contributed by atoms with Gasteiger partial charge in [0.2, 0.25) is 0 Å². The topological polar surface area (TPSA) is 48.0 Å². The van der Waals surface area contributed by atoms with Gasteiger partial charge in [0, 0.05) is 17.6 Å². The summed E-state index contributed by atoms with van der Waals surface area (Å²) in [6.07, 6.45) is 0.790. The minimum Gasteiger partial charge on any atom is -0.493 e. The molecule has 0 bridgehead atoms. The lowest BCUT2D eigenvalue weighted by atomic mass is 9.99. The van der Waals surface area contributed by atoms with E-state index in [1.807, 2.05) is 41.3 Å². The minimum atomic E-state index is -0.0274. The van der Waals surface area contributed by atoms with E-state index in [2.05, 4.69) is 15.9 Å². The molecule has 0 saturated heterocycles. The fourth-order valence-corrected chi connectivity index (χ4v) is 3.27. The molecule has 5 nitrogen and oxygen atoms in total. The Morgan fingerprint density at radius 1 is 1.12 bits per heavy atom. The summed E-state index contributed by atoms with van der Waals surface area (Å²) in [6, 6.07) is 11.4. The Morgan fingerprint density at radius 2 is 1.84 bits per heavy atom. The van der Waals surface area contributed by atoms with Crippen molar-refractivity contribution in [2.24, 2.45) is 0 Å². The first-order chi connectivity index (χ1) is 12.1. The highest BCUT2D eigenvalue weighted by Crippen LogP contribution is 2.33. The number of hydrogen-bond donors (Lipinski definition) is 0. The third-order valence-electron chi connectivity index (χ3n) is 4.23. The maximum absolute atomic E-state index is 12.5. The van der Waals surface area contributed by atoms with Gasteiger partial charge in [-0.1, -0.05) is 22.0 Å². The van der Waals surface area contributed by atoms with Crippen molar-refractivity contribution in [2.45, 2.75) is 13.0 Å². The second-order valence-corrected chi connectivity index (χ2v) is 6.70. The molecule has 3 rings (SSSR count). The van der Waals surface area contributed by atoms with E-state index < -0.39 is 0 Å². The lowest BCUT2D eigenvalue weighted by molar-refractivity contribution is -0.134. The lowest BCUT2D eigenvalue weighted by Gasteiger charge is -2.29. The quantitative estimate of drug-likeness (QED) is 0.764. The van der Waals surface area contributed by atoms with E-state index in [1.165, 1.54) is 5.56 Å². The van der Waals surface area contributed by atoms with Crippen LogP contribution in [0.15, 0.2) is 40.9 Å². The van der Waals surface area contributed by atoms with Crippen LogP contribution in [0.4, 0.5) is 0 Å². The molecule has 1 aliphatic heterocycles. The van der Waals surface area contributed by atoms with Crippen LogP contribution in [0.5, 0.6) is 17.2 Å². The maximum Gasteiger partial charge on any atom is 0.260 e. The molecule has 0 fully saturated rings. The van der Waals surface area contributed by atoms with Crippen molar-refractivity contribution < 1.29 is 19.0 Å². The molecule has 25 heavy (non-hydrogen) atoms. The summed E-state index contributed by atoms with van der Waals surface area (Å²) in [5, 5.41) is 0. The van der Waals surface area contributed by atoms with E-state index in [-0.39, 0.29) is 12.5 Å². The largest absolute Gasteiger partial charge is 0.493 e. The molecule has 0 aromatic heterocycles. The van der Waals surface area contributed by atoms with Gasteiger partial charge in [0.1, 0.15) is 5.75 Å². The molecule has 0 saturated carbocycles. The van der Waals surface area contributed by atoms with Crippen molar-refractivity contribution in [1.29, 1.82) is 0 Å². The Labute approximate surface area is 155 Å². The van der Waals surface area contributed by atoms with Crippen LogP contribution in [0.25, 0.3) is 0 Å². The minimum absolute atomic E-state index is 0.0269. The summed E-state index contributed by atoms with van der Waals surface area (Å²) in [5.74, 6) is 2.05. The molecule has 132 valence electrons. The van der Waals surface area contributed by atoms with Crippen LogP contribution in [0.1, 0.15) is 11.1 Å². The Morgan fingerprint density at radius 3 is 2.52 bits per heavy atom. The summed E-state index contributed by atoms with van der Waals surface area (Å²) in [4.78, 5) is 14.3. The molecule has 6 heteroatoms. The number of rotatable bonds is 5. The number of nitrogens with zero attached hydrogens (tertiary/aromatic N) is 1. The number of ether oxygens (including phenoxy) is 3. The molecule has 1 amide bonds. The molecule has 1 heterocycles. The molecule has 0 unspecified atom stereocenters. The average Bonchev–Trinajstić information content (AvgIpc) is 2.64. The Kier molecular flexibility index (Phi) is 5.48. The van der Waals surface area contributed by atoms with E-state index in [9.17, 15) is 4.79 Å². The molecular formula is C19H20BrNO4. The van der Waals surface area contributed by atoms with Gasteiger partial charge in [-0.2, -0.15) is 0 Å². The van der Waals surface area contributed by atoms with Crippen molar-refractivity contribution in [3.05, 3.63) is 52.0 Å². The van der Waals surface area contributed by atoms with Crippen LogP contribution >= 0.6 is 15.9 Å². The summed E-state index contributed by atoms with van der Waals surface area (Å²) in [6.45, 7) is 1.25. The molecule has 2 aromatic carbocycles. The van der Waals surface area contributed by atoms with E-state index in [0.29, 0.717) is 24.6 Å². The van der Waals surface area contributed by atoms with Crippen molar-refractivity contribution in [3.63, 3.8) is 0 Å². The zero-order valence-electron chi connectivity index (χ0n) is 14.3. The van der Waals surface area contributed by atoms with Crippen molar-refractivity contribution in [2.75, 3.05) is 27.4 Å². The summed E-state index contributed by atoms with van der Waals surface area (Å²) >= 11 is 3.39. The third kappa shape index (κ3) is 4.07. The monoisotopic (exact) mass is 405 g/mol. The van der Waals surface area contributed by atoms with Gasteiger partial charge in [0.25, 0.3) is 5.91 Å². The SMILES string of the molecule is COc1cc2c(cc1OC)CN(C(=O)COc1cccc(Br)c1)CC2. The number of hydrogen-bond acceptors (Lipinski definition) is 4. The number of carbonyl (C=O) groups is 1. The molecule has 0 atom stereocenters. The smallest absolute Gasteiger partial charge is 0.260 e. The van der Waals surface area contributed by atoms with Crippen molar-refractivity contribution >= 4 is 21.8 Å². The number of methoxy groups -OCH3 is 2. The number of amides is 1. The fourth-order valence-electron chi connectivity index (χ4n) is 2.89. The lowest BCUT2D eigenvalue weighted by Crippen LogP contribution is -2.38. The molecule has 0 aliphatic carbocycles. The van der Waals surface area contributed by atoms with Gasteiger partial charge in [-0.05, 0) is 47.9 Å². The Hall–Kier alpha value is -2.21. The van der Waals surface area contributed by atoms with Gasteiger partial charge >= 0.3 is 0 Å². The third-order valence-corrected chi connectivity index (χ3v) is 4.72. The fraction of sp³-hybridized carbons (Fsp3) is 0.316. The summed E-state index contributed by atoms with van der Waals surface area (Å²) in [5.41, 5.74) is 2.27. The van der Waals surface area contributed by atoms with Gasteiger partial charge in [-0.3, -0.25) is 4.79 Å². The molecule has 0 radical (unpaired) electrons. The maximum atomic E-state index is 12.5. The predicted octanol–water partition coefficient (Wildman–Crippen LogP) is 3.43. The number of fused-ring (bicyclic) bond motifs is 1. The van der Waals surface area contributed by atoms with Gasteiger partial charge in [0.15, 0.2) is 18.1 Å². The predicted molar refractivity (Wildman–Crippen MR) is 98.3 cm³/mol. The second-order valence-electron chi connectivity index (χ2n) is 5.79. The average molecular weight is 406 g/mol. The van der Waals surface area contributed by atoms with E-state index >= 15 is 0 Å². The van der Waals surface area contributed by atoms with Crippen molar-refractivity contribution in [1.82, 2.24) is 4.90 Å². The summed E-state index contributed by atoms with van der Waals surface area (Å²) < 4.78 is 17.2. The molecule has 1 aliphatic rings. The molecule has 0 N–H and O–H groups in total. The second kappa shape index (κ2) is 7.78. The Balaban J connectivity index is 1.66. The standard InChI is InChI=1S/C19H20BrNO4/c1-23-17-8-13-6-7-21(11-14(13)9-18(17)24-2)19(22)12-25-16-5-3-4-15(20)10-16/h3-5,8-10H,6-7,11-12H2,1-2H3. The first kappa shape index (κ1) is 17.6. The molecule has 0 spiro atoms. The first-order valence-corrected chi connectivity index (χ1v) is 8.80. The summed E-state index contributed by atoms with van der Waals surface area (Å²) in [7, 11) is 3.24. The highest BCUT2D eigenvalue weighted by Gasteiger charge is 2.23. The zero-order valence-corrected chi connectivity index (χ0v) is 15.8. The van der Waals surface area contributed by atoms with Crippen LogP contribution < -0.4 is 14.2 Å². The first-order valence-electron chi connectivity index (χ1n) is 8.00. The van der Waals surface area contributed by atoms with Crippen LogP contribution in [-0.2, 0) is 17.8 Å². The zero-order chi connectivity index (χ0) is 17.8. The van der Waals surface area contributed by atoms with E-state index in [0.717, 1.165) is 22.2 Å². The van der Waals surface area contributed by atoms with Crippen LogP contribution in [-0.4, -0.2) is 38.2 Å². The number of halogens is 1. The van der Waals surface area contributed by atoms with Gasteiger partial charge in [0.05, 0.1) is 14.2 Å². The van der Waals surface area contributed by atoms with Crippen LogP contribution in [0.2, 0.25) is 0 Å². The van der Waals surface area contributed by atoms with Crippen LogP contribution in [0.3, 0.4) is 0 Å². The number of carbonyl (C=O) groups excluding carboxylic acids is 1. The Bertz CT molecular complexity index is 778. The highest BCUT2D eigenvalue weighted by atomic mass is 79.9. The molecular weight excluding hydrogens is 386 g/mol. The highest BCUT2D eigenvalue weighted by molar-refractivity contribution is 9.10. The van der Waals surface area contributed by atoms with Crippen molar-refractivity contribution in [3.8, 4) is 17.2 Å². The van der Waals surface area contributed by atoms with Crippen LogP contribution in [0, 0.1) is 0 Å².